The fraction of sp³-hybridized carbons (Fsp3) is 0.400. The summed E-state index contributed by atoms with van der Waals surface area (Å²) in [4.78, 5) is 76.7. The average molecular weight is 724 g/mol. The van der Waals surface area contributed by atoms with Crippen molar-refractivity contribution in [3.05, 3.63) is 82.4 Å². The van der Waals surface area contributed by atoms with Crippen molar-refractivity contribution in [1.82, 2.24) is 30.4 Å². The highest BCUT2D eigenvalue weighted by Gasteiger charge is 2.32. The summed E-state index contributed by atoms with van der Waals surface area (Å²) in [6.45, 7) is 8.61. The van der Waals surface area contributed by atoms with Crippen molar-refractivity contribution in [2.75, 3.05) is 33.7 Å². The molecule has 48 heavy (non-hydrogen) atoms. The Hall–Kier alpha value is -4.49. The van der Waals surface area contributed by atoms with Gasteiger partial charge in [0.2, 0.25) is 0 Å². The van der Waals surface area contributed by atoms with Crippen molar-refractivity contribution in [1.29, 1.82) is 0 Å². The fourth-order valence-corrected chi connectivity index (χ4v) is 5.64. The molecule has 2 aromatic rings. The lowest BCUT2D eigenvalue weighted by molar-refractivity contribution is -0.140. The molecule has 12 nitrogen and oxygen atoms in total. The van der Waals surface area contributed by atoms with Crippen molar-refractivity contribution >= 4 is 45.9 Å². The van der Waals surface area contributed by atoms with E-state index in [-0.39, 0.29) is 47.2 Å². The van der Waals surface area contributed by atoms with Gasteiger partial charge in [-0.15, -0.1) is 0 Å². The van der Waals surface area contributed by atoms with Gasteiger partial charge in [-0.25, -0.2) is 14.8 Å². The third kappa shape index (κ3) is 10.5. The van der Waals surface area contributed by atoms with E-state index in [9.17, 15) is 29.1 Å². The molecule has 1 saturated heterocycles. The predicted molar refractivity (Wildman–Crippen MR) is 187 cm³/mol. The van der Waals surface area contributed by atoms with Gasteiger partial charge in [-0.05, 0) is 79.2 Å². The molecule has 2 aromatic heterocycles. The Labute approximate surface area is 289 Å². The maximum Gasteiger partial charge on any atom is 0.326 e. The third-order valence-electron chi connectivity index (χ3n) is 7.96. The Balaban J connectivity index is 2.04. The average Bonchev–Trinajstić information content (AvgIpc) is 3.53. The number of aromatic nitrogens is 2. The van der Waals surface area contributed by atoms with Crippen LogP contribution < -0.4 is 10.6 Å². The number of carbonyl (C=O) groups excluding carboxylic acids is 4. The van der Waals surface area contributed by atoms with Crippen molar-refractivity contribution in [3.8, 4) is 11.1 Å². The van der Waals surface area contributed by atoms with Gasteiger partial charge < -0.3 is 25.5 Å². The first-order valence-electron chi connectivity index (χ1n) is 15.8. The zero-order chi connectivity index (χ0) is 35.4. The third-order valence-corrected chi connectivity index (χ3v) is 8.62. The normalized spacial score (nSPS) is 16.1. The number of hydrogen-bond donors (Lipinski definition) is 3. The van der Waals surface area contributed by atoms with Crippen LogP contribution in [0, 0.1) is 5.92 Å². The number of likely N-dealkylation sites (N-methyl/N-ethyl adjacent to an activating group) is 1. The molecule has 3 rings (SSSR count). The summed E-state index contributed by atoms with van der Waals surface area (Å²) in [6, 6.07) is 4.61. The number of rotatable bonds is 16. The second kappa shape index (κ2) is 18.2. The van der Waals surface area contributed by atoms with E-state index in [1.165, 1.54) is 24.3 Å². The Morgan fingerprint density at radius 3 is 2.38 bits per heavy atom. The van der Waals surface area contributed by atoms with Gasteiger partial charge in [0, 0.05) is 25.7 Å². The van der Waals surface area contributed by atoms with Crippen LogP contribution in [0.4, 0.5) is 0 Å². The number of aldehydes is 1. The highest BCUT2D eigenvalue weighted by atomic mass is 79.9. The van der Waals surface area contributed by atoms with Gasteiger partial charge in [0.05, 0.1) is 0 Å². The van der Waals surface area contributed by atoms with E-state index < -0.39 is 23.8 Å². The van der Waals surface area contributed by atoms with Gasteiger partial charge in [0.15, 0.2) is 6.29 Å². The lowest BCUT2D eigenvalue weighted by Gasteiger charge is -2.27. The van der Waals surface area contributed by atoms with E-state index >= 15 is 0 Å². The number of hydrogen-bond acceptors (Lipinski definition) is 8. The SMILES string of the molecule is C=C/C=C\C=C(\Br)CCNC(=O)c1cc(-c2cc(C(=O)NC(C(=O)O)C(C)CC)nc(C(=O)N3CCCC3CN(C)C)c2)cc(C=O)n1. The first-order chi connectivity index (χ1) is 22.9. The topological polar surface area (TPSA) is 162 Å². The molecule has 1 fully saturated rings. The molecule has 1 aliphatic rings. The first kappa shape index (κ1) is 38.0. The van der Waals surface area contributed by atoms with Crippen molar-refractivity contribution in [2.45, 2.75) is 51.6 Å². The molecule has 3 atom stereocenters. The predicted octanol–water partition coefficient (Wildman–Crippen LogP) is 4.49. The molecule has 3 amide bonds. The number of carboxylic acid groups (broad SMARTS) is 1. The molecule has 13 heteroatoms. The minimum atomic E-state index is -1.19. The summed E-state index contributed by atoms with van der Waals surface area (Å²) in [5.41, 5.74) is 0.420. The molecule has 0 radical (unpaired) electrons. The molecule has 256 valence electrons. The van der Waals surface area contributed by atoms with Crippen LogP contribution in [0.3, 0.4) is 0 Å². The first-order valence-corrected chi connectivity index (χ1v) is 16.6. The molecular formula is C35H43BrN6O6. The molecule has 1 aliphatic heterocycles. The van der Waals surface area contributed by atoms with Gasteiger partial charge in [0.25, 0.3) is 17.7 Å². The zero-order valence-electron chi connectivity index (χ0n) is 27.7. The summed E-state index contributed by atoms with van der Waals surface area (Å²) in [5.74, 6) is -3.23. The molecule has 0 aromatic carbocycles. The summed E-state index contributed by atoms with van der Waals surface area (Å²) < 4.78 is 0.847. The quantitative estimate of drug-likeness (QED) is 0.167. The Bertz CT molecular complexity index is 1590. The van der Waals surface area contributed by atoms with Crippen LogP contribution >= 0.6 is 15.9 Å². The number of allylic oxidation sites excluding steroid dienone is 4. The van der Waals surface area contributed by atoms with Crippen LogP contribution in [0.1, 0.15) is 81.5 Å². The maximum absolute atomic E-state index is 13.9. The number of nitrogens with zero attached hydrogens (tertiary/aromatic N) is 4. The molecule has 3 unspecified atom stereocenters. The monoisotopic (exact) mass is 722 g/mol. The van der Waals surface area contributed by atoms with E-state index in [4.69, 9.17) is 0 Å². The molecular weight excluding hydrogens is 680 g/mol. The lowest BCUT2D eigenvalue weighted by Crippen LogP contribution is -2.45. The second-order valence-corrected chi connectivity index (χ2v) is 12.9. The van der Waals surface area contributed by atoms with E-state index in [0.717, 1.165) is 17.3 Å². The van der Waals surface area contributed by atoms with Crippen molar-refractivity contribution in [2.24, 2.45) is 5.92 Å². The molecule has 0 aliphatic carbocycles. The van der Waals surface area contributed by atoms with Crippen LogP contribution in [-0.2, 0) is 4.79 Å². The maximum atomic E-state index is 13.9. The number of carbonyl (C=O) groups is 5. The van der Waals surface area contributed by atoms with Crippen LogP contribution in [0.2, 0.25) is 0 Å². The summed E-state index contributed by atoms with van der Waals surface area (Å²) in [7, 11) is 3.86. The Morgan fingerprint density at radius 2 is 1.75 bits per heavy atom. The number of carboxylic acids is 1. The van der Waals surface area contributed by atoms with Gasteiger partial charge in [0.1, 0.15) is 28.8 Å². The van der Waals surface area contributed by atoms with Crippen LogP contribution in [0.5, 0.6) is 0 Å². The van der Waals surface area contributed by atoms with Gasteiger partial charge >= 0.3 is 5.97 Å². The second-order valence-electron chi connectivity index (χ2n) is 11.9. The Morgan fingerprint density at radius 1 is 1.08 bits per heavy atom. The largest absolute Gasteiger partial charge is 0.480 e. The van der Waals surface area contributed by atoms with Crippen molar-refractivity contribution in [3.63, 3.8) is 0 Å². The number of halogens is 1. The molecule has 0 bridgehead atoms. The van der Waals surface area contributed by atoms with Gasteiger partial charge in [-0.3, -0.25) is 19.2 Å². The van der Waals surface area contributed by atoms with E-state index in [0.29, 0.717) is 43.3 Å². The van der Waals surface area contributed by atoms with Crippen molar-refractivity contribution < 1.29 is 29.1 Å². The Kier molecular flexibility index (Phi) is 14.4. The van der Waals surface area contributed by atoms with Gasteiger partial charge in [-0.1, -0.05) is 67.1 Å². The lowest BCUT2D eigenvalue weighted by atomic mass is 9.98. The number of aliphatic carboxylic acids is 1. The standard InChI is InChI=1S/C35H43BrN6O6/c1-6-8-9-11-25(36)13-14-37-32(44)28-17-23(16-26(21-43)38-28)24-18-29(33(45)40-31(35(47)48)22(3)7-2)39-30(19-24)34(46)42-15-10-12-27(42)20-41(4)5/h6,8-9,11,16-19,21-22,27,31H,1,7,10,12-15,20H2,2-5H3,(H,37,44)(H,40,45)(H,47,48)/b9-8-,25-11+. The molecule has 3 N–H and O–H groups in total. The van der Waals surface area contributed by atoms with E-state index in [1.54, 1.807) is 30.1 Å². The zero-order valence-corrected chi connectivity index (χ0v) is 29.3. The minimum absolute atomic E-state index is 0.0173. The number of amides is 3. The van der Waals surface area contributed by atoms with Crippen LogP contribution in [0.25, 0.3) is 11.1 Å². The van der Waals surface area contributed by atoms with Crippen LogP contribution in [0.15, 0.2) is 59.6 Å². The smallest absolute Gasteiger partial charge is 0.326 e. The van der Waals surface area contributed by atoms with E-state index in [2.05, 4.69) is 43.1 Å². The molecule has 0 spiro atoms. The number of nitrogens with one attached hydrogen (secondary N) is 2. The van der Waals surface area contributed by atoms with Crippen LogP contribution in [-0.4, -0.2) is 101 Å². The highest BCUT2D eigenvalue weighted by Crippen LogP contribution is 2.26. The summed E-state index contributed by atoms with van der Waals surface area (Å²) >= 11 is 3.45. The highest BCUT2D eigenvalue weighted by molar-refractivity contribution is 9.11. The summed E-state index contributed by atoms with van der Waals surface area (Å²) in [6.07, 6.45) is 10.2. The fourth-order valence-electron chi connectivity index (χ4n) is 5.29. The van der Waals surface area contributed by atoms with Gasteiger partial charge in [-0.2, -0.15) is 0 Å². The molecule has 0 saturated carbocycles. The minimum Gasteiger partial charge on any atom is -0.480 e. The van der Waals surface area contributed by atoms with E-state index in [1.807, 2.05) is 32.0 Å². The number of likely N-dealkylation sites (tertiary alicyclic amines) is 1. The number of pyridine rings is 2. The molecule has 3 heterocycles. The summed E-state index contributed by atoms with van der Waals surface area (Å²) in [5, 5.41) is 15.1.